The zero-order chi connectivity index (χ0) is 24.4. The zero-order valence-corrected chi connectivity index (χ0v) is 19.3. The van der Waals surface area contributed by atoms with E-state index >= 15 is 0 Å². The fourth-order valence-corrected chi connectivity index (χ4v) is 4.27. The lowest BCUT2D eigenvalue weighted by molar-refractivity contribution is 0.0783. The molecule has 9 heteroatoms. The second-order valence-corrected chi connectivity index (χ2v) is 8.59. The lowest BCUT2D eigenvalue weighted by Crippen LogP contribution is -2.38. The molecule has 3 N–H and O–H groups in total. The molecule has 0 saturated carbocycles. The first kappa shape index (κ1) is 22.3. The highest BCUT2D eigenvalue weighted by atomic mass is 16.2. The van der Waals surface area contributed by atoms with Crippen LogP contribution in [0.5, 0.6) is 0 Å². The van der Waals surface area contributed by atoms with Crippen LogP contribution in [0, 0.1) is 0 Å². The summed E-state index contributed by atoms with van der Waals surface area (Å²) in [4.78, 5) is 36.2. The Kier molecular flexibility index (Phi) is 5.97. The van der Waals surface area contributed by atoms with Gasteiger partial charge in [-0.2, -0.15) is 5.10 Å². The van der Waals surface area contributed by atoms with Crippen molar-refractivity contribution in [3.05, 3.63) is 84.6 Å². The molecule has 1 aliphatic rings. The van der Waals surface area contributed by atoms with Gasteiger partial charge in [0, 0.05) is 67.7 Å². The van der Waals surface area contributed by atoms with Gasteiger partial charge in [-0.05, 0) is 47.9 Å². The maximum atomic E-state index is 13.2. The predicted octanol–water partition coefficient (Wildman–Crippen LogP) is 2.77. The first-order chi connectivity index (χ1) is 17.0. The van der Waals surface area contributed by atoms with Crippen molar-refractivity contribution in [3.63, 3.8) is 0 Å². The van der Waals surface area contributed by atoms with E-state index in [9.17, 15) is 9.59 Å². The molecular weight excluding hydrogens is 442 g/mol. The van der Waals surface area contributed by atoms with Crippen LogP contribution in [0.3, 0.4) is 0 Å². The van der Waals surface area contributed by atoms with Gasteiger partial charge in [0.2, 0.25) is 0 Å². The number of hydrogen-bond acceptors (Lipinski definition) is 6. The Morgan fingerprint density at radius 1 is 1.03 bits per heavy atom. The number of pyridine rings is 2. The number of benzene rings is 1. The fourth-order valence-electron chi connectivity index (χ4n) is 4.27. The quantitative estimate of drug-likeness (QED) is 0.466. The van der Waals surface area contributed by atoms with Gasteiger partial charge >= 0.3 is 0 Å². The molecule has 35 heavy (non-hydrogen) atoms. The highest BCUT2D eigenvalue weighted by Crippen LogP contribution is 2.23. The molecule has 3 aromatic heterocycles. The summed E-state index contributed by atoms with van der Waals surface area (Å²) in [6, 6.07) is 12.9. The summed E-state index contributed by atoms with van der Waals surface area (Å²) in [5.41, 5.74) is 10.5. The van der Waals surface area contributed by atoms with E-state index in [4.69, 9.17) is 5.73 Å². The fraction of sp³-hybridized carbons (Fsp3) is 0.192. The molecule has 5 rings (SSSR count). The minimum atomic E-state index is -0.306. The van der Waals surface area contributed by atoms with Crippen molar-refractivity contribution >= 4 is 17.6 Å². The van der Waals surface area contributed by atoms with Gasteiger partial charge < -0.3 is 16.0 Å². The van der Waals surface area contributed by atoms with E-state index in [0.717, 1.165) is 22.3 Å². The Hall–Kier alpha value is -4.53. The molecule has 176 valence electrons. The molecule has 2 amide bonds. The maximum absolute atomic E-state index is 13.2. The number of aryl methyl sites for hydroxylation is 1. The van der Waals surface area contributed by atoms with Crippen LogP contribution in [0.2, 0.25) is 0 Å². The first-order valence-corrected chi connectivity index (χ1v) is 11.3. The average molecular weight is 468 g/mol. The summed E-state index contributed by atoms with van der Waals surface area (Å²) in [6.07, 6.45) is 9.30. The van der Waals surface area contributed by atoms with Crippen molar-refractivity contribution < 1.29 is 9.59 Å². The number of nitrogens with two attached hydrogens (primary N) is 1. The summed E-state index contributed by atoms with van der Waals surface area (Å²) in [6.45, 7) is 0.992. The molecule has 0 unspecified atom stereocenters. The van der Waals surface area contributed by atoms with Crippen LogP contribution in [-0.2, 0) is 7.05 Å². The minimum Gasteiger partial charge on any atom is -0.383 e. The van der Waals surface area contributed by atoms with Gasteiger partial charge in [-0.15, -0.1) is 0 Å². The number of carbonyl (C=O) groups excluding carboxylic acids is 2. The van der Waals surface area contributed by atoms with Gasteiger partial charge in [0.1, 0.15) is 5.82 Å². The highest BCUT2D eigenvalue weighted by molar-refractivity contribution is 6.00. The molecule has 0 spiro atoms. The predicted molar refractivity (Wildman–Crippen MR) is 132 cm³/mol. The van der Waals surface area contributed by atoms with Crippen molar-refractivity contribution in [2.45, 2.75) is 12.5 Å². The minimum absolute atomic E-state index is 0.0580. The molecule has 1 atom stereocenters. The van der Waals surface area contributed by atoms with Crippen LogP contribution in [0.1, 0.15) is 27.1 Å². The smallest absolute Gasteiger partial charge is 0.255 e. The Bertz CT molecular complexity index is 1380. The van der Waals surface area contributed by atoms with Gasteiger partial charge in [-0.1, -0.05) is 12.1 Å². The standard InChI is InChI=1S/C26H25N7O2/c1-32-15-21(14-30-32)20-12-23(24(27)29-13-20)25(34)31-22-7-10-33(16-22)26(35)19-4-2-3-18(11-19)17-5-8-28-9-6-17/h2-6,8-9,11-15,22H,7,10,16H2,1H3,(H2,27,29)(H,31,34)/t22-/m1/s1. The number of nitrogens with zero attached hydrogens (tertiary/aromatic N) is 5. The SMILES string of the molecule is Cn1cc(-c2cnc(N)c(C(=O)N[C@@H]3CCN(C(=O)c4cccc(-c5ccncc5)c4)C3)c2)cn1. The Morgan fingerprint density at radius 2 is 1.86 bits per heavy atom. The molecule has 0 bridgehead atoms. The van der Waals surface area contributed by atoms with E-state index in [2.05, 4.69) is 20.4 Å². The van der Waals surface area contributed by atoms with E-state index < -0.39 is 0 Å². The van der Waals surface area contributed by atoms with Crippen molar-refractivity contribution in [2.75, 3.05) is 18.8 Å². The Balaban J connectivity index is 1.26. The van der Waals surface area contributed by atoms with Crippen LogP contribution >= 0.6 is 0 Å². The molecule has 9 nitrogen and oxygen atoms in total. The number of anilines is 1. The lowest BCUT2D eigenvalue weighted by Gasteiger charge is -2.18. The largest absolute Gasteiger partial charge is 0.383 e. The number of likely N-dealkylation sites (tertiary alicyclic amines) is 1. The highest BCUT2D eigenvalue weighted by Gasteiger charge is 2.29. The Morgan fingerprint density at radius 3 is 2.63 bits per heavy atom. The molecule has 1 aliphatic heterocycles. The van der Waals surface area contributed by atoms with Crippen LogP contribution < -0.4 is 11.1 Å². The Labute approximate surface area is 202 Å². The molecule has 4 aromatic rings. The third-order valence-electron chi connectivity index (χ3n) is 6.14. The second kappa shape index (κ2) is 9.38. The van der Waals surface area contributed by atoms with E-state index in [0.29, 0.717) is 30.6 Å². The van der Waals surface area contributed by atoms with Gasteiger partial charge in [0.25, 0.3) is 11.8 Å². The number of nitrogen functional groups attached to an aromatic ring is 1. The maximum Gasteiger partial charge on any atom is 0.255 e. The zero-order valence-electron chi connectivity index (χ0n) is 19.3. The van der Waals surface area contributed by atoms with Gasteiger partial charge in [-0.25, -0.2) is 4.98 Å². The molecule has 1 fully saturated rings. The topological polar surface area (TPSA) is 119 Å². The lowest BCUT2D eigenvalue weighted by atomic mass is 10.0. The average Bonchev–Trinajstić information content (AvgIpc) is 3.53. The summed E-state index contributed by atoms with van der Waals surface area (Å²) in [7, 11) is 1.82. The number of aromatic nitrogens is 4. The van der Waals surface area contributed by atoms with E-state index in [1.165, 1.54) is 0 Å². The van der Waals surface area contributed by atoms with Crippen LogP contribution in [0.4, 0.5) is 5.82 Å². The normalized spacial score (nSPS) is 15.2. The second-order valence-electron chi connectivity index (χ2n) is 8.59. The van der Waals surface area contributed by atoms with Gasteiger partial charge in [-0.3, -0.25) is 19.3 Å². The summed E-state index contributed by atoms with van der Waals surface area (Å²) >= 11 is 0. The van der Waals surface area contributed by atoms with Crippen molar-refractivity contribution in [3.8, 4) is 22.3 Å². The molecule has 0 radical (unpaired) electrons. The third-order valence-corrected chi connectivity index (χ3v) is 6.14. The molecule has 1 saturated heterocycles. The van der Waals surface area contributed by atoms with Gasteiger partial charge in [0.15, 0.2) is 0 Å². The molecule has 1 aromatic carbocycles. The number of nitrogens with one attached hydrogen (secondary N) is 1. The summed E-state index contributed by atoms with van der Waals surface area (Å²) < 4.78 is 1.68. The van der Waals surface area contributed by atoms with E-state index in [-0.39, 0.29) is 23.7 Å². The van der Waals surface area contributed by atoms with Gasteiger partial charge in [0.05, 0.1) is 11.8 Å². The monoisotopic (exact) mass is 467 g/mol. The van der Waals surface area contributed by atoms with Crippen molar-refractivity contribution in [1.82, 2.24) is 30.0 Å². The summed E-state index contributed by atoms with van der Waals surface area (Å²) in [5.74, 6) is -0.203. The molecule has 0 aliphatic carbocycles. The molecule has 4 heterocycles. The van der Waals surface area contributed by atoms with Crippen LogP contribution in [0.15, 0.2) is 73.4 Å². The number of amides is 2. The number of rotatable bonds is 5. The summed E-state index contributed by atoms with van der Waals surface area (Å²) in [5, 5.41) is 7.18. The van der Waals surface area contributed by atoms with Crippen LogP contribution in [-0.4, -0.2) is 55.6 Å². The first-order valence-electron chi connectivity index (χ1n) is 11.3. The molecular formula is C26H25N7O2. The van der Waals surface area contributed by atoms with Crippen molar-refractivity contribution in [2.24, 2.45) is 7.05 Å². The van der Waals surface area contributed by atoms with E-state index in [1.807, 2.05) is 49.6 Å². The number of hydrogen-bond donors (Lipinski definition) is 2. The van der Waals surface area contributed by atoms with E-state index in [1.54, 1.807) is 40.4 Å². The van der Waals surface area contributed by atoms with Crippen molar-refractivity contribution in [1.29, 1.82) is 0 Å². The third kappa shape index (κ3) is 4.74. The number of carbonyl (C=O) groups is 2. The van der Waals surface area contributed by atoms with Crippen LogP contribution in [0.25, 0.3) is 22.3 Å².